The summed E-state index contributed by atoms with van der Waals surface area (Å²) in [6.07, 6.45) is -3.94. The molecule has 2 N–H and O–H groups in total. The molecule has 0 atom stereocenters. The van der Waals surface area contributed by atoms with Crippen LogP contribution in [0.5, 0.6) is 5.75 Å². The second-order valence-electron chi connectivity index (χ2n) is 7.38. The SMILES string of the molecule is N#Cc1ccc(COc2ccc(Cl)cc2C=NNC(=O)CC(=O)Nc2cccc(C(F)(F)F)c2)cc1. The van der Waals surface area contributed by atoms with Crippen molar-refractivity contribution in [3.05, 3.63) is 94.0 Å². The molecule has 11 heteroatoms. The highest BCUT2D eigenvalue weighted by molar-refractivity contribution is 6.30. The number of carbonyl (C=O) groups is 2. The minimum absolute atomic E-state index is 0.0888. The van der Waals surface area contributed by atoms with Crippen molar-refractivity contribution < 1.29 is 27.5 Å². The van der Waals surface area contributed by atoms with Gasteiger partial charge in [-0.1, -0.05) is 29.8 Å². The quantitative estimate of drug-likeness (QED) is 0.242. The number of hydrogen-bond donors (Lipinski definition) is 2. The summed E-state index contributed by atoms with van der Waals surface area (Å²) in [7, 11) is 0. The molecule has 0 saturated heterocycles. The van der Waals surface area contributed by atoms with Gasteiger partial charge in [0.15, 0.2) is 0 Å². The number of nitrogens with one attached hydrogen (secondary N) is 2. The zero-order valence-electron chi connectivity index (χ0n) is 18.5. The van der Waals surface area contributed by atoms with Gasteiger partial charge in [0.2, 0.25) is 11.8 Å². The van der Waals surface area contributed by atoms with Crippen LogP contribution in [0.1, 0.15) is 28.7 Å². The summed E-state index contributed by atoms with van der Waals surface area (Å²) >= 11 is 6.04. The van der Waals surface area contributed by atoms with Gasteiger partial charge in [0.1, 0.15) is 18.8 Å². The molecular formula is C25H18ClF3N4O3. The van der Waals surface area contributed by atoms with E-state index in [-0.39, 0.29) is 12.3 Å². The number of carbonyl (C=O) groups excluding carboxylic acids is 2. The van der Waals surface area contributed by atoms with Crippen molar-refractivity contribution in [2.75, 3.05) is 5.32 Å². The first-order valence-electron chi connectivity index (χ1n) is 10.3. The van der Waals surface area contributed by atoms with Gasteiger partial charge in [0.05, 0.1) is 23.4 Å². The van der Waals surface area contributed by atoms with Gasteiger partial charge in [-0.3, -0.25) is 9.59 Å². The van der Waals surface area contributed by atoms with Crippen LogP contribution in [0.2, 0.25) is 5.02 Å². The maximum absolute atomic E-state index is 12.8. The Morgan fingerprint density at radius 1 is 1.06 bits per heavy atom. The third kappa shape index (κ3) is 7.85. The highest BCUT2D eigenvalue weighted by atomic mass is 35.5. The first-order chi connectivity index (χ1) is 17.1. The van der Waals surface area contributed by atoms with E-state index in [4.69, 9.17) is 21.6 Å². The average Bonchev–Trinajstić information content (AvgIpc) is 2.83. The molecule has 0 aliphatic rings. The van der Waals surface area contributed by atoms with Gasteiger partial charge in [-0.15, -0.1) is 0 Å². The van der Waals surface area contributed by atoms with Crippen molar-refractivity contribution in [3.8, 4) is 11.8 Å². The van der Waals surface area contributed by atoms with Crippen LogP contribution >= 0.6 is 11.6 Å². The Labute approximate surface area is 209 Å². The summed E-state index contributed by atoms with van der Waals surface area (Å²) < 4.78 is 44.2. The molecule has 3 aromatic rings. The third-order valence-corrected chi connectivity index (χ3v) is 4.87. The van der Waals surface area contributed by atoms with Gasteiger partial charge in [0.25, 0.3) is 0 Å². The number of hydrogen-bond acceptors (Lipinski definition) is 5. The van der Waals surface area contributed by atoms with Crippen molar-refractivity contribution in [1.29, 1.82) is 5.26 Å². The zero-order valence-corrected chi connectivity index (χ0v) is 19.2. The predicted molar refractivity (Wildman–Crippen MR) is 127 cm³/mol. The lowest BCUT2D eigenvalue weighted by atomic mass is 10.1. The number of alkyl halides is 3. The molecule has 0 spiro atoms. The molecule has 0 unspecified atom stereocenters. The van der Waals surface area contributed by atoms with Crippen LogP contribution in [0.15, 0.2) is 71.8 Å². The summed E-state index contributed by atoms with van der Waals surface area (Å²) in [5.41, 5.74) is 2.97. The Kier molecular flexibility index (Phi) is 8.65. The molecule has 0 radical (unpaired) electrons. The molecule has 2 amide bonds. The number of nitrogens with zero attached hydrogens (tertiary/aromatic N) is 2. The van der Waals surface area contributed by atoms with Gasteiger partial charge in [0, 0.05) is 16.3 Å². The maximum Gasteiger partial charge on any atom is 0.416 e. The zero-order chi connectivity index (χ0) is 26.1. The van der Waals surface area contributed by atoms with Crippen LogP contribution in [0.3, 0.4) is 0 Å². The van der Waals surface area contributed by atoms with E-state index in [9.17, 15) is 22.8 Å². The molecule has 0 heterocycles. The molecule has 0 saturated carbocycles. The molecule has 3 aromatic carbocycles. The van der Waals surface area contributed by atoms with Crippen LogP contribution in [0, 0.1) is 11.3 Å². The highest BCUT2D eigenvalue weighted by Crippen LogP contribution is 2.30. The number of amides is 2. The van der Waals surface area contributed by atoms with Gasteiger partial charge in [-0.25, -0.2) is 5.43 Å². The second-order valence-corrected chi connectivity index (χ2v) is 7.81. The fraction of sp³-hybridized carbons (Fsp3) is 0.120. The van der Waals surface area contributed by atoms with E-state index in [1.807, 2.05) is 6.07 Å². The highest BCUT2D eigenvalue weighted by Gasteiger charge is 2.30. The Balaban J connectivity index is 1.56. The van der Waals surface area contributed by atoms with E-state index in [0.29, 0.717) is 21.9 Å². The first kappa shape index (κ1) is 26.2. The monoisotopic (exact) mass is 514 g/mol. The fourth-order valence-electron chi connectivity index (χ4n) is 2.93. The number of ether oxygens (including phenoxy) is 1. The van der Waals surface area contributed by atoms with Gasteiger partial charge >= 0.3 is 6.18 Å². The topological polar surface area (TPSA) is 104 Å². The lowest BCUT2D eigenvalue weighted by molar-refractivity contribution is -0.137. The molecule has 36 heavy (non-hydrogen) atoms. The Hall–Kier alpha value is -4.36. The van der Waals surface area contributed by atoms with Crippen molar-refractivity contribution >= 4 is 35.3 Å². The molecule has 0 aromatic heterocycles. The van der Waals surface area contributed by atoms with Crippen molar-refractivity contribution in [2.45, 2.75) is 19.2 Å². The van der Waals surface area contributed by atoms with Crippen molar-refractivity contribution in [1.82, 2.24) is 5.43 Å². The van der Waals surface area contributed by atoms with Gasteiger partial charge in [-0.2, -0.15) is 23.5 Å². The Morgan fingerprint density at radius 3 is 2.50 bits per heavy atom. The number of anilines is 1. The Bertz CT molecular complexity index is 1320. The second kappa shape index (κ2) is 11.9. The molecular weight excluding hydrogens is 497 g/mol. The smallest absolute Gasteiger partial charge is 0.416 e. The average molecular weight is 515 g/mol. The van der Waals surface area contributed by atoms with E-state index >= 15 is 0 Å². The number of nitriles is 1. The lowest BCUT2D eigenvalue weighted by Gasteiger charge is -2.10. The van der Waals surface area contributed by atoms with E-state index in [2.05, 4.69) is 15.8 Å². The number of halogens is 4. The van der Waals surface area contributed by atoms with Crippen LogP contribution in [0.4, 0.5) is 18.9 Å². The van der Waals surface area contributed by atoms with Crippen molar-refractivity contribution in [3.63, 3.8) is 0 Å². The summed E-state index contributed by atoms with van der Waals surface area (Å²) in [5.74, 6) is -1.17. The standard InChI is InChI=1S/C25H18ClF3N4O3/c26-20-8-9-22(36-15-17-6-4-16(13-30)5-7-17)18(10-20)14-31-33-24(35)12-23(34)32-21-3-1-2-19(11-21)25(27,28)29/h1-11,14H,12,15H2,(H,32,34)(H,33,35). The van der Waals surface area contributed by atoms with E-state index in [0.717, 1.165) is 23.8 Å². The van der Waals surface area contributed by atoms with Crippen LogP contribution in [-0.4, -0.2) is 18.0 Å². The fourth-order valence-corrected chi connectivity index (χ4v) is 3.11. The van der Waals surface area contributed by atoms with Crippen LogP contribution < -0.4 is 15.5 Å². The molecule has 7 nitrogen and oxygen atoms in total. The molecule has 0 bridgehead atoms. The number of benzene rings is 3. The number of rotatable bonds is 8. The normalized spacial score (nSPS) is 11.1. The molecule has 3 rings (SSSR count). The lowest BCUT2D eigenvalue weighted by Crippen LogP contribution is -2.24. The Morgan fingerprint density at radius 2 is 1.81 bits per heavy atom. The van der Waals surface area contributed by atoms with E-state index in [1.165, 1.54) is 12.3 Å². The van der Waals surface area contributed by atoms with E-state index in [1.54, 1.807) is 42.5 Å². The van der Waals surface area contributed by atoms with Gasteiger partial charge in [-0.05, 0) is 54.1 Å². The third-order valence-electron chi connectivity index (χ3n) is 4.64. The minimum atomic E-state index is -4.56. The predicted octanol–water partition coefficient (Wildman–Crippen LogP) is 5.29. The molecule has 184 valence electrons. The van der Waals surface area contributed by atoms with Crippen molar-refractivity contribution in [2.24, 2.45) is 5.10 Å². The molecule has 0 aliphatic heterocycles. The minimum Gasteiger partial charge on any atom is -0.488 e. The number of hydrazone groups is 1. The summed E-state index contributed by atoms with van der Waals surface area (Å²) in [5, 5.41) is 15.3. The first-order valence-corrected chi connectivity index (χ1v) is 10.7. The van der Waals surface area contributed by atoms with Crippen LogP contribution in [-0.2, 0) is 22.4 Å². The largest absolute Gasteiger partial charge is 0.488 e. The summed E-state index contributed by atoms with van der Waals surface area (Å²) in [6, 6.07) is 17.8. The molecule has 0 fully saturated rings. The van der Waals surface area contributed by atoms with Crippen LogP contribution in [0.25, 0.3) is 0 Å². The maximum atomic E-state index is 12.8. The molecule has 0 aliphatic carbocycles. The summed E-state index contributed by atoms with van der Waals surface area (Å²) in [6.45, 7) is 0.205. The van der Waals surface area contributed by atoms with E-state index < -0.39 is 30.0 Å². The summed E-state index contributed by atoms with van der Waals surface area (Å²) in [4.78, 5) is 24.0. The van der Waals surface area contributed by atoms with Gasteiger partial charge < -0.3 is 10.1 Å².